The van der Waals surface area contributed by atoms with Gasteiger partial charge in [-0.15, -0.1) is 0 Å². The minimum Gasteiger partial charge on any atom is -0.481 e. The number of hydrogen-bond donors (Lipinski definition) is 1. The van der Waals surface area contributed by atoms with E-state index in [1.165, 1.54) is 6.07 Å². The van der Waals surface area contributed by atoms with E-state index < -0.39 is 11.9 Å². The average Bonchev–Trinajstić information content (AvgIpc) is 2.87. The summed E-state index contributed by atoms with van der Waals surface area (Å²) in [5, 5.41) is 9.28. The van der Waals surface area contributed by atoms with Crippen molar-refractivity contribution in [2.45, 2.75) is 43.4 Å². The molecular formula is C14H15FO2. The lowest BCUT2D eigenvalue weighted by molar-refractivity contribution is -0.139. The maximum absolute atomic E-state index is 13.4. The Hall–Kier alpha value is -1.38. The molecule has 2 nitrogen and oxygen atoms in total. The van der Waals surface area contributed by atoms with Crippen molar-refractivity contribution < 1.29 is 14.3 Å². The molecule has 1 aromatic carbocycles. The minimum atomic E-state index is -0.776. The lowest BCUT2D eigenvalue weighted by Crippen LogP contribution is -2.19. The summed E-state index contributed by atoms with van der Waals surface area (Å²) in [6, 6.07) is 4.60. The maximum Gasteiger partial charge on any atom is 0.311 e. The van der Waals surface area contributed by atoms with Crippen LogP contribution in [0.5, 0.6) is 0 Å². The summed E-state index contributed by atoms with van der Waals surface area (Å²) < 4.78 is 13.4. The van der Waals surface area contributed by atoms with Crippen LogP contribution in [0.25, 0.3) is 0 Å². The monoisotopic (exact) mass is 234 g/mol. The van der Waals surface area contributed by atoms with Crippen LogP contribution in [0.3, 0.4) is 0 Å². The molecule has 0 aliphatic heterocycles. The number of carboxylic acid groups (broad SMARTS) is 1. The molecule has 3 heteroatoms. The van der Waals surface area contributed by atoms with Crippen molar-refractivity contribution >= 4 is 5.97 Å². The molecule has 1 N–H and O–H groups in total. The van der Waals surface area contributed by atoms with E-state index in [4.69, 9.17) is 0 Å². The molecule has 0 radical (unpaired) electrons. The molecule has 1 fully saturated rings. The summed E-state index contributed by atoms with van der Waals surface area (Å²) in [5.41, 5.74) is 1.74. The summed E-state index contributed by atoms with van der Waals surface area (Å²) in [6.45, 7) is 0. The Kier molecular flexibility index (Phi) is 2.25. The smallest absolute Gasteiger partial charge is 0.311 e. The number of hydrogen-bond acceptors (Lipinski definition) is 1. The Bertz CT molecular complexity index is 475. The molecule has 1 saturated carbocycles. The van der Waals surface area contributed by atoms with Crippen LogP contribution in [0.15, 0.2) is 18.2 Å². The second kappa shape index (κ2) is 3.56. The number of halogens is 1. The third-order valence-electron chi connectivity index (χ3n) is 4.42. The summed E-state index contributed by atoms with van der Waals surface area (Å²) in [6.07, 6.45) is 4.92. The van der Waals surface area contributed by atoms with E-state index in [1.54, 1.807) is 12.1 Å². The van der Waals surface area contributed by atoms with Gasteiger partial charge in [0.2, 0.25) is 0 Å². The molecule has 2 aliphatic rings. The van der Waals surface area contributed by atoms with Gasteiger partial charge >= 0.3 is 5.97 Å². The number of rotatable bonds is 1. The fraction of sp³-hybridized carbons (Fsp3) is 0.500. The Labute approximate surface area is 99.5 Å². The van der Waals surface area contributed by atoms with Gasteiger partial charge in [0.1, 0.15) is 5.82 Å². The largest absolute Gasteiger partial charge is 0.481 e. The average molecular weight is 234 g/mol. The van der Waals surface area contributed by atoms with Crippen LogP contribution in [-0.2, 0) is 10.2 Å². The van der Waals surface area contributed by atoms with E-state index in [-0.39, 0.29) is 11.2 Å². The van der Waals surface area contributed by atoms with Gasteiger partial charge in [-0.2, -0.15) is 0 Å². The van der Waals surface area contributed by atoms with Gasteiger partial charge in [-0.1, -0.05) is 18.9 Å². The molecule has 2 aliphatic carbocycles. The molecule has 1 spiro atoms. The molecule has 17 heavy (non-hydrogen) atoms. The van der Waals surface area contributed by atoms with Crippen molar-refractivity contribution in [3.63, 3.8) is 0 Å². The molecule has 0 heterocycles. The fourth-order valence-corrected chi connectivity index (χ4v) is 3.65. The molecule has 0 saturated heterocycles. The van der Waals surface area contributed by atoms with Gasteiger partial charge in [-0.3, -0.25) is 4.79 Å². The summed E-state index contributed by atoms with van der Waals surface area (Å²) >= 11 is 0. The number of fused-ring (bicyclic) bond motifs is 2. The van der Waals surface area contributed by atoms with Crippen LogP contribution in [0.4, 0.5) is 4.39 Å². The molecule has 3 rings (SSSR count). The lowest BCUT2D eigenvalue weighted by atomic mass is 9.80. The van der Waals surface area contributed by atoms with Crippen molar-refractivity contribution in [3.8, 4) is 0 Å². The van der Waals surface area contributed by atoms with E-state index in [9.17, 15) is 14.3 Å². The standard InChI is InChI=1S/C14H15FO2/c15-9-3-4-10-11(13(16)17)8-14(12(10)7-9)5-1-2-6-14/h3-4,7,11H,1-2,5-6,8H2,(H,16,17). The normalized spacial score (nSPS) is 25.1. The second-order valence-electron chi connectivity index (χ2n) is 5.31. The summed E-state index contributed by atoms with van der Waals surface area (Å²) in [7, 11) is 0. The molecular weight excluding hydrogens is 219 g/mol. The van der Waals surface area contributed by atoms with Crippen molar-refractivity contribution in [2.24, 2.45) is 0 Å². The highest BCUT2D eigenvalue weighted by atomic mass is 19.1. The second-order valence-corrected chi connectivity index (χ2v) is 5.31. The van der Waals surface area contributed by atoms with Gasteiger partial charge in [0, 0.05) is 0 Å². The van der Waals surface area contributed by atoms with Crippen LogP contribution in [-0.4, -0.2) is 11.1 Å². The highest BCUT2D eigenvalue weighted by molar-refractivity contribution is 5.78. The van der Waals surface area contributed by atoms with E-state index >= 15 is 0 Å². The molecule has 0 aromatic heterocycles. The van der Waals surface area contributed by atoms with Crippen LogP contribution in [0, 0.1) is 5.82 Å². The Morgan fingerprint density at radius 1 is 1.35 bits per heavy atom. The zero-order valence-corrected chi connectivity index (χ0v) is 9.58. The van der Waals surface area contributed by atoms with Gasteiger partial charge in [-0.05, 0) is 47.9 Å². The molecule has 1 atom stereocenters. The third-order valence-corrected chi connectivity index (χ3v) is 4.42. The van der Waals surface area contributed by atoms with Crippen molar-refractivity contribution in [1.29, 1.82) is 0 Å². The first-order valence-corrected chi connectivity index (χ1v) is 6.15. The number of carboxylic acids is 1. The van der Waals surface area contributed by atoms with Crippen molar-refractivity contribution in [3.05, 3.63) is 35.1 Å². The van der Waals surface area contributed by atoms with Gasteiger partial charge in [-0.25, -0.2) is 4.39 Å². The summed E-state index contributed by atoms with van der Waals surface area (Å²) in [5.74, 6) is -1.47. The highest BCUT2D eigenvalue weighted by Crippen LogP contribution is 2.54. The maximum atomic E-state index is 13.4. The first kappa shape index (κ1) is 10.8. The highest BCUT2D eigenvalue weighted by Gasteiger charge is 2.47. The quantitative estimate of drug-likeness (QED) is 0.810. The Morgan fingerprint density at radius 3 is 2.71 bits per heavy atom. The number of benzene rings is 1. The van der Waals surface area contributed by atoms with Gasteiger partial charge in [0.15, 0.2) is 0 Å². The van der Waals surface area contributed by atoms with Crippen LogP contribution in [0.1, 0.15) is 49.1 Å². The zero-order chi connectivity index (χ0) is 12.0. The van der Waals surface area contributed by atoms with Crippen LogP contribution in [0.2, 0.25) is 0 Å². The predicted molar refractivity (Wildman–Crippen MR) is 61.5 cm³/mol. The zero-order valence-electron chi connectivity index (χ0n) is 9.58. The van der Waals surface area contributed by atoms with Crippen molar-refractivity contribution in [2.75, 3.05) is 0 Å². The molecule has 1 aromatic rings. The SMILES string of the molecule is O=C(O)C1CC2(CCCC2)c2cc(F)ccc21. The van der Waals surface area contributed by atoms with E-state index in [0.717, 1.165) is 36.8 Å². The first-order valence-electron chi connectivity index (χ1n) is 6.15. The van der Waals surface area contributed by atoms with Crippen molar-refractivity contribution in [1.82, 2.24) is 0 Å². The minimum absolute atomic E-state index is 0.0551. The predicted octanol–water partition coefficient (Wildman–Crippen LogP) is 3.21. The fourth-order valence-electron chi connectivity index (χ4n) is 3.65. The van der Waals surface area contributed by atoms with E-state index in [2.05, 4.69) is 0 Å². The van der Waals surface area contributed by atoms with Gasteiger partial charge in [0.05, 0.1) is 5.92 Å². The molecule has 90 valence electrons. The molecule has 0 amide bonds. The third kappa shape index (κ3) is 1.48. The van der Waals surface area contributed by atoms with Gasteiger partial charge in [0.25, 0.3) is 0 Å². The Balaban J connectivity index is 2.14. The molecule has 1 unspecified atom stereocenters. The van der Waals surface area contributed by atoms with Gasteiger partial charge < -0.3 is 5.11 Å². The molecule has 0 bridgehead atoms. The Morgan fingerprint density at radius 2 is 2.06 bits per heavy atom. The topological polar surface area (TPSA) is 37.3 Å². The van der Waals surface area contributed by atoms with E-state index in [0.29, 0.717) is 6.42 Å². The van der Waals surface area contributed by atoms with Crippen LogP contribution >= 0.6 is 0 Å². The van der Waals surface area contributed by atoms with Crippen LogP contribution < -0.4 is 0 Å². The lowest BCUT2D eigenvalue weighted by Gasteiger charge is -2.24. The summed E-state index contributed by atoms with van der Waals surface area (Å²) in [4.78, 5) is 11.3. The van der Waals surface area contributed by atoms with E-state index in [1.807, 2.05) is 0 Å². The number of carbonyl (C=O) groups is 1. The number of aliphatic carboxylic acids is 1. The first-order chi connectivity index (χ1) is 8.12.